The molecule has 2 nitrogen and oxygen atoms in total. The smallest absolute Gasteiger partial charge is 0.0343 e. The van der Waals surface area contributed by atoms with E-state index in [0.717, 1.165) is 13.1 Å². The number of hydrogen-bond acceptors (Lipinski definition) is 2. The molecule has 0 aromatic rings. The molecule has 0 aliphatic carbocycles. The fourth-order valence-corrected chi connectivity index (χ4v) is 0.870. The molecule has 1 heterocycles. The molecule has 0 saturated carbocycles. The van der Waals surface area contributed by atoms with Gasteiger partial charge in [0, 0.05) is 32.0 Å². The van der Waals surface area contributed by atoms with Crippen LogP contribution in [0.2, 0.25) is 0 Å². The molecule has 60 valence electrons. The quantitative estimate of drug-likeness (QED) is 0.550. The Morgan fingerprint density at radius 3 is 2.40 bits per heavy atom. The van der Waals surface area contributed by atoms with Crippen LogP contribution in [-0.4, -0.2) is 25.0 Å². The summed E-state index contributed by atoms with van der Waals surface area (Å²) in [6.07, 6.45) is 2.11. The topological polar surface area (TPSA) is 15.3 Å². The van der Waals surface area contributed by atoms with Crippen molar-refractivity contribution in [3.8, 4) is 0 Å². The molecule has 1 aliphatic heterocycles. The van der Waals surface area contributed by atoms with Crippen LogP contribution in [0.1, 0.15) is 20.8 Å². The first-order chi connectivity index (χ1) is 4.79. The lowest BCUT2D eigenvalue weighted by atomic mass is 10.4. The molecule has 0 unspecified atom stereocenters. The number of nitrogens with zero attached hydrogens (tertiary/aromatic N) is 1. The molecule has 1 rings (SSSR count). The van der Waals surface area contributed by atoms with Crippen LogP contribution in [0.3, 0.4) is 0 Å². The van der Waals surface area contributed by atoms with E-state index in [4.69, 9.17) is 0 Å². The summed E-state index contributed by atoms with van der Waals surface area (Å²) in [5.41, 5.74) is 1.26. The molecule has 0 saturated heterocycles. The highest BCUT2D eigenvalue weighted by Gasteiger charge is 1.98. The molecule has 0 bridgehead atoms. The van der Waals surface area contributed by atoms with Crippen molar-refractivity contribution < 1.29 is 0 Å². The van der Waals surface area contributed by atoms with Gasteiger partial charge in [-0.3, -0.25) is 0 Å². The zero-order valence-electron chi connectivity index (χ0n) is 7.44. The maximum atomic E-state index is 3.23. The second-order valence-electron chi connectivity index (χ2n) is 2.22. The van der Waals surface area contributed by atoms with Crippen molar-refractivity contribution in [1.82, 2.24) is 10.2 Å². The standard InChI is InChI=1S/C6H12N2.C2H6/c1-6-5-8(2)4-3-7-6;1-2/h5,7H,3-4H2,1-2H3;1-2H3. The third kappa shape index (κ3) is 3.38. The molecular weight excluding hydrogens is 124 g/mol. The Morgan fingerprint density at radius 2 is 2.10 bits per heavy atom. The Labute approximate surface area is 63.9 Å². The first-order valence-electron chi connectivity index (χ1n) is 3.91. The van der Waals surface area contributed by atoms with Crippen LogP contribution in [0.25, 0.3) is 0 Å². The average molecular weight is 142 g/mol. The van der Waals surface area contributed by atoms with E-state index in [0.29, 0.717) is 0 Å². The average Bonchev–Trinajstić information content (AvgIpc) is 1.91. The highest BCUT2D eigenvalue weighted by molar-refractivity contribution is 4.97. The van der Waals surface area contributed by atoms with E-state index < -0.39 is 0 Å². The normalized spacial score (nSPS) is 16.4. The van der Waals surface area contributed by atoms with Gasteiger partial charge < -0.3 is 10.2 Å². The van der Waals surface area contributed by atoms with Crippen molar-refractivity contribution in [3.63, 3.8) is 0 Å². The molecule has 0 radical (unpaired) electrons. The van der Waals surface area contributed by atoms with Gasteiger partial charge in [0.25, 0.3) is 0 Å². The van der Waals surface area contributed by atoms with Crippen molar-refractivity contribution >= 4 is 0 Å². The van der Waals surface area contributed by atoms with Crippen LogP contribution in [-0.2, 0) is 0 Å². The largest absolute Gasteiger partial charge is 0.386 e. The Hall–Kier alpha value is -0.660. The molecule has 10 heavy (non-hydrogen) atoms. The van der Waals surface area contributed by atoms with Gasteiger partial charge in [-0.15, -0.1) is 0 Å². The third-order valence-corrected chi connectivity index (χ3v) is 1.28. The number of allylic oxidation sites excluding steroid dienone is 1. The fraction of sp³-hybridized carbons (Fsp3) is 0.750. The van der Waals surface area contributed by atoms with Gasteiger partial charge in [-0.2, -0.15) is 0 Å². The van der Waals surface area contributed by atoms with Crippen LogP contribution in [0.5, 0.6) is 0 Å². The van der Waals surface area contributed by atoms with Crippen LogP contribution in [0.4, 0.5) is 0 Å². The SMILES string of the molecule is CC.CC1=CN(C)CCN1. The Morgan fingerprint density at radius 1 is 1.50 bits per heavy atom. The molecular formula is C8H18N2. The van der Waals surface area contributed by atoms with Crippen LogP contribution in [0.15, 0.2) is 11.9 Å². The van der Waals surface area contributed by atoms with E-state index in [9.17, 15) is 0 Å². The second kappa shape index (κ2) is 5.15. The minimum Gasteiger partial charge on any atom is -0.386 e. The Bertz CT molecular complexity index is 108. The summed E-state index contributed by atoms with van der Waals surface area (Å²) >= 11 is 0. The van der Waals surface area contributed by atoms with Crippen molar-refractivity contribution in [2.45, 2.75) is 20.8 Å². The third-order valence-electron chi connectivity index (χ3n) is 1.28. The summed E-state index contributed by atoms with van der Waals surface area (Å²) in [6.45, 7) is 8.28. The first kappa shape index (κ1) is 9.34. The van der Waals surface area contributed by atoms with Crippen LogP contribution in [0, 0.1) is 0 Å². The molecule has 0 aromatic carbocycles. The predicted molar refractivity (Wildman–Crippen MR) is 45.7 cm³/mol. The lowest BCUT2D eigenvalue weighted by molar-refractivity contribution is 0.420. The summed E-state index contributed by atoms with van der Waals surface area (Å²) in [5, 5.41) is 3.23. The number of nitrogens with one attached hydrogen (secondary N) is 1. The van der Waals surface area contributed by atoms with E-state index in [1.54, 1.807) is 0 Å². The summed E-state index contributed by atoms with van der Waals surface area (Å²) < 4.78 is 0. The fourth-order valence-electron chi connectivity index (χ4n) is 0.870. The van der Waals surface area contributed by atoms with Crippen LogP contribution < -0.4 is 5.32 Å². The molecule has 2 heteroatoms. The van der Waals surface area contributed by atoms with Crippen molar-refractivity contribution in [1.29, 1.82) is 0 Å². The lowest BCUT2D eigenvalue weighted by Crippen LogP contribution is -2.31. The molecule has 1 N–H and O–H groups in total. The van der Waals surface area contributed by atoms with Gasteiger partial charge in [0.2, 0.25) is 0 Å². The van der Waals surface area contributed by atoms with Gasteiger partial charge in [-0.1, -0.05) is 13.8 Å². The molecule has 1 aliphatic rings. The molecule has 0 aromatic heterocycles. The van der Waals surface area contributed by atoms with E-state index in [1.807, 2.05) is 13.8 Å². The summed E-state index contributed by atoms with van der Waals surface area (Å²) in [7, 11) is 2.09. The van der Waals surface area contributed by atoms with Crippen LogP contribution >= 0.6 is 0 Å². The number of rotatable bonds is 0. The van der Waals surface area contributed by atoms with E-state index in [2.05, 4.69) is 30.4 Å². The van der Waals surface area contributed by atoms with Crippen molar-refractivity contribution in [2.24, 2.45) is 0 Å². The maximum Gasteiger partial charge on any atom is 0.0343 e. The lowest BCUT2D eigenvalue weighted by Gasteiger charge is -2.21. The Kier molecular flexibility index (Phi) is 4.81. The Balaban J connectivity index is 0.000000371. The van der Waals surface area contributed by atoms with Crippen molar-refractivity contribution in [2.75, 3.05) is 20.1 Å². The van der Waals surface area contributed by atoms with Gasteiger partial charge in [-0.25, -0.2) is 0 Å². The van der Waals surface area contributed by atoms with Crippen molar-refractivity contribution in [3.05, 3.63) is 11.9 Å². The van der Waals surface area contributed by atoms with Gasteiger partial charge in [0.05, 0.1) is 0 Å². The zero-order valence-corrected chi connectivity index (χ0v) is 7.44. The van der Waals surface area contributed by atoms with E-state index in [1.165, 1.54) is 5.70 Å². The highest BCUT2D eigenvalue weighted by Crippen LogP contribution is 1.95. The molecule has 0 amide bonds. The van der Waals surface area contributed by atoms with Gasteiger partial charge >= 0.3 is 0 Å². The predicted octanol–water partition coefficient (Wildman–Crippen LogP) is 1.41. The monoisotopic (exact) mass is 142 g/mol. The number of likely N-dealkylation sites (N-methyl/N-ethyl adjacent to an activating group) is 1. The zero-order chi connectivity index (χ0) is 7.98. The second-order valence-corrected chi connectivity index (χ2v) is 2.22. The highest BCUT2D eigenvalue weighted by atomic mass is 15.1. The van der Waals surface area contributed by atoms with E-state index in [-0.39, 0.29) is 0 Å². The molecule has 0 spiro atoms. The minimum absolute atomic E-state index is 1.08. The van der Waals surface area contributed by atoms with Gasteiger partial charge in [0.15, 0.2) is 0 Å². The maximum absolute atomic E-state index is 3.23. The van der Waals surface area contributed by atoms with Gasteiger partial charge in [0.1, 0.15) is 0 Å². The summed E-state index contributed by atoms with van der Waals surface area (Å²) in [5.74, 6) is 0. The molecule has 0 fully saturated rings. The molecule has 0 atom stereocenters. The summed E-state index contributed by atoms with van der Waals surface area (Å²) in [4.78, 5) is 2.19. The minimum atomic E-state index is 1.08. The van der Waals surface area contributed by atoms with E-state index >= 15 is 0 Å². The van der Waals surface area contributed by atoms with Gasteiger partial charge in [-0.05, 0) is 6.92 Å². The first-order valence-corrected chi connectivity index (χ1v) is 3.91. The number of hydrogen-bond donors (Lipinski definition) is 1. The summed E-state index contributed by atoms with van der Waals surface area (Å²) in [6, 6.07) is 0.